The van der Waals surface area contributed by atoms with Crippen molar-refractivity contribution in [2.75, 3.05) is 5.73 Å². The number of hydrogen-bond donors (Lipinski definition) is 3. The summed E-state index contributed by atoms with van der Waals surface area (Å²) in [4.78, 5) is 22.7. The summed E-state index contributed by atoms with van der Waals surface area (Å²) < 4.78 is 0.865. The molecule has 0 aliphatic carbocycles. The maximum atomic E-state index is 11.7. The molecule has 0 saturated heterocycles. The number of para-hydroxylation sites is 2. The molecule has 7 heteroatoms. The van der Waals surface area contributed by atoms with Gasteiger partial charge in [0.1, 0.15) is 5.52 Å². The molecule has 0 spiro atoms. The maximum absolute atomic E-state index is 11.7. The first-order valence-corrected chi connectivity index (χ1v) is 4.39. The SMILES string of the molecule is NC(=O)c1c(N)[n+](=O)c2ccccc2n1O. The molecule has 5 N–H and O–H groups in total. The number of primary amides is 1. The summed E-state index contributed by atoms with van der Waals surface area (Å²) in [6.07, 6.45) is 0. The van der Waals surface area contributed by atoms with Crippen LogP contribution in [0.2, 0.25) is 0 Å². The number of nitrogen functional groups attached to an aromatic ring is 1. The Kier molecular flexibility index (Phi) is 2.01. The molecular weight excluding hydrogens is 212 g/mol. The van der Waals surface area contributed by atoms with E-state index in [0.717, 1.165) is 0 Å². The van der Waals surface area contributed by atoms with E-state index in [2.05, 4.69) is 0 Å². The van der Waals surface area contributed by atoms with Crippen molar-refractivity contribution >= 4 is 22.8 Å². The van der Waals surface area contributed by atoms with Crippen molar-refractivity contribution in [2.45, 2.75) is 0 Å². The van der Waals surface area contributed by atoms with Crippen molar-refractivity contribution in [3.05, 3.63) is 34.9 Å². The molecule has 82 valence electrons. The molecule has 0 aliphatic heterocycles. The minimum Gasteiger partial charge on any atom is -0.427 e. The number of anilines is 1. The standard InChI is InChI=1S/C9H8N4O3/c10-8-7(9(11)14)12(15)5-3-1-2-4-6(5)13(8)16/h1-4,15H,(H3-,10,11,14)/p+1. The van der Waals surface area contributed by atoms with Crippen LogP contribution in [-0.2, 0) is 0 Å². The zero-order chi connectivity index (χ0) is 11.9. The Morgan fingerprint density at radius 3 is 2.62 bits per heavy atom. The molecule has 1 amide bonds. The maximum Gasteiger partial charge on any atom is 0.351 e. The average molecular weight is 221 g/mol. The third-order valence-corrected chi connectivity index (χ3v) is 2.24. The third-order valence-electron chi connectivity index (χ3n) is 2.24. The van der Waals surface area contributed by atoms with Crippen LogP contribution < -0.4 is 15.9 Å². The van der Waals surface area contributed by atoms with Gasteiger partial charge in [0.05, 0.1) is 0 Å². The Labute approximate surface area is 89.1 Å². The first-order chi connectivity index (χ1) is 7.54. The molecule has 7 nitrogen and oxygen atoms in total. The highest BCUT2D eigenvalue weighted by atomic mass is 16.5. The first-order valence-electron chi connectivity index (χ1n) is 4.39. The molecule has 0 saturated carbocycles. The highest BCUT2D eigenvalue weighted by Crippen LogP contribution is 2.13. The second-order valence-corrected chi connectivity index (χ2v) is 3.19. The topological polar surface area (TPSA) is 117 Å². The van der Waals surface area contributed by atoms with Crippen molar-refractivity contribution in [3.63, 3.8) is 0 Å². The van der Waals surface area contributed by atoms with E-state index in [4.69, 9.17) is 11.5 Å². The molecule has 0 bridgehead atoms. The van der Waals surface area contributed by atoms with E-state index in [1.807, 2.05) is 0 Å². The molecule has 0 fully saturated rings. The van der Waals surface area contributed by atoms with Gasteiger partial charge in [-0.05, 0) is 12.1 Å². The largest absolute Gasteiger partial charge is 0.427 e. The summed E-state index contributed by atoms with van der Waals surface area (Å²) in [5.41, 5.74) is 10.3. The summed E-state index contributed by atoms with van der Waals surface area (Å²) in [6, 6.07) is 6.15. The van der Waals surface area contributed by atoms with Gasteiger partial charge in [-0.25, -0.2) is 0 Å². The van der Waals surface area contributed by atoms with Gasteiger partial charge in [-0.1, -0.05) is 17.0 Å². The number of aromatic nitrogens is 2. The van der Waals surface area contributed by atoms with Gasteiger partial charge in [-0.15, -0.1) is 0 Å². The Balaban J connectivity index is 3.07. The minimum atomic E-state index is -0.977. The first kappa shape index (κ1) is 9.97. The molecule has 16 heavy (non-hydrogen) atoms. The van der Waals surface area contributed by atoms with Crippen LogP contribution in [-0.4, -0.2) is 15.8 Å². The van der Waals surface area contributed by atoms with Crippen molar-refractivity contribution in [3.8, 4) is 0 Å². The quantitative estimate of drug-likeness (QED) is 0.443. The lowest BCUT2D eigenvalue weighted by Gasteiger charge is -2.05. The highest BCUT2D eigenvalue weighted by Gasteiger charge is 2.23. The van der Waals surface area contributed by atoms with E-state index in [-0.39, 0.29) is 11.0 Å². The monoisotopic (exact) mass is 221 g/mol. The Morgan fingerprint density at radius 2 is 2.00 bits per heavy atom. The zero-order valence-corrected chi connectivity index (χ0v) is 8.12. The van der Waals surface area contributed by atoms with Gasteiger partial charge in [0.2, 0.25) is 11.2 Å². The van der Waals surface area contributed by atoms with Crippen LogP contribution in [0.5, 0.6) is 0 Å². The molecule has 1 aromatic carbocycles. The van der Waals surface area contributed by atoms with Gasteiger partial charge in [0.15, 0.2) is 0 Å². The third kappa shape index (κ3) is 1.18. The lowest BCUT2D eigenvalue weighted by atomic mass is 10.2. The molecule has 2 aromatic rings. The second-order valence-electron chi connectivity index (χ2n) is 3.19. The Morgan fingerprint density at radius 1 is 1.38 bits per heavy atom. The van der Waals surface area contributed by atoms with E-state index in [1.54, 1.807) is 12.1 Å². The van der Waals surface area contributed by atoms with E-state index in [1.165, 1.54) is 12.1 Å². The highest BCUT2D eigenvalue weighted by molar-refractivity contribution is 5.96. The fourth-order valence-electron chi connectivity index (χ4n) is 1.50. The summed E-state index contributed by atoms with van der Waals surface area (Å²) in [6.45, 7) is 0. The molecule has 0 aliphatic rings. The van der Waals surface area contributed by atoms with Gasteiger partial charge >= 0.3 is 5.82 Å². The van der Waals surface area contributed by atoms with Gasteiger partial charge < -0.3 is 10.9 Å². The smallest absolute Gasteiger partial charge is 0.351 e. The lowest BCUT2D eigenvalue weighted by molar-refractivity contribution is -0.448. The minimum absolute atomic E-state index is 0.146. The number of benzene rings is 1. The van der Waals surface area contributed by atoms with E-state index in [9.17, 15) is 14.9 Å². The van der Waals surface area contributed by atoms with E-state index in [0.29, 0.717) is 9.16 Å². The average Bonchev–Trinajstić information content (AvgIpc) is 2.26. The van der Waals surface area contributed by atoms with Gasteiger partial charge in [-0.2, -0.15) is 4.73 Å². The lowest BCUT2D eigenvalue weighted by Crippen LogP contribution is -2.31. The summed E-state index contributed by atoms with van der Waals surface area (Å²) >= 11 is 0. The number of nitrogens with zero attached hydrogens (tertiary/aromatic N) is 2. The normalized spacial score (nSPS) is 10.5. The van der Waals surface area contributed by atoms with Crippen LogP contribution in [0.25, 0.3) is 11.0 Å². The number of nitrogens with two attached hydrogens (primary N) is 2. The summed E-state index contributed by atoms with van der Waals surface area (Å²) in [7, 11) is 0. The predicted molar refractivity (Wildman–Crippen MR) is 55.4 cm³/mol. The van der Waals surface area contributed by atoms with Crippen LogP contribution in [0.1, 0.15) is 10.5 Å². The van der Waals surface area contributed by atoms with Crippen LogP contribution in [0.15, 0.2) is 24.3 Å². The molecule has 0 radical (unpaired) electrons. The molecule has 1 heterocycles. The van der Waals surface area contributed by atoms with Crippen LogP contribution in [0.3, 0.4) is 0 Å². The Bertz CT molecular complexity index is 647. The molecule has 2 rings (SSSR count). The van der Waals surface area contributed by atoms with E-state index < -0.39 is 17.4 Å². The van der Waals surface area contributed by atoms with Crippen LogP contribution >= 0.6 is 0 Å². The van der Waals surface area contributed by atoms with Crippen LogP contribution in [0.4, 0.5) is 5.82 Å². The number of rotatable bonds is 1. The summed E-state index contributed by atoms with van der Waals surface area (Å²) in [5, 5.41) is 9.71. The predicted octanol–water partition coefficient (Wildman–Crippen LogP) is -0.526. The number of hydrogen-bond acceptors (Lipinski definition) is 4. The van der Waals surface area contributed by atoms with Crippen LogP contribution in [0, 0.1) is 4.91 Å². The Hall–Kier alpha value is -2.57. The van der Waals surface area contributed by atoms with Crippen molar-refractivity contribution in [1.29, 1.82) is 0 Å². The fourth-order valence-corrected chi connectivity index (χ4v) is 1.50. The zero-order valence-electron chi connectivity index (χ0n) is 8.12. The van der Waals surface area contributed by atoms with E-state index >= 15 is 0 Å². The fraction of sp³-hybridized carbons (Fsp3) is 0. The van der Waals surface area contributed by atoms with Crippen molar-refractivity contribution in [1.82, 2.24) is 4.73 Å². The molecular formula is C9H9N4O3+. The second kappa shape index (κ2) is 3.23. The molecule has 0 unspecified atom stereocenters. The van der Waals surface area contributed by atoms with Crippen molar-refractivity contribution in [2.24, 2.45) is 5.73 Å². The van der Waals surface area contributed by atoms with Gasteiger partial charge in [-0.3, -0.25) is 10.5 Å². The van der Waals surface area contributed by atoms with Gasteiger partial charge in [0, 0.05) is 4.43 Å². The van der Waals surface area contributed by atoms with Gasteiger partial charge in [0.25, 0.3) is 5.91 Å². The molecule has 0 atom stereocenters. The number of amides is 1. The number of carbonyl (C=O) groups is 1. The number of fused-ring (bicyclic) bond motifs is 1. The van der Waals surface area contributed by atoms with Crippen molar-refractivity contribution < 1.29 is 14.4 Å². The summed E-state index contributed by atoms with van der Waals surface area (Å²) in [5.74, 6) is -1.41. The number of carbonyl (C=O) groups excluding carboxylic acids is 1. The molecule has 1 aromatic heterocycles.